The first-order valence-corrected chi connectivity index (χ1v) is 10.5. The van der Waals surface area contributed by atoms with Crippen LogP contribution < -0.4 is 5.32 Å². The Labute approximate surface area is 162 Å². The molecule has 6 nitrogen and oxygen atoms in total. The Bertz CT molecular complexity index is 781. The molecule has 0 spiro atoms. The number of nitrogens with one attached hydrogen (secondary N) is 1. The fourth-order valence-electron chi connectivity index (χ4n) is 4.73. The molecule has 0 radical (unpaired) electrons. The number of nitrogens with zero attached hydrogens (tertiary/aromatic N) is 1. The highest BCUT2D eigenvalue weighted by atomic mass is 32.1. The number of thiophene rings is 1. The van der Waals surface area contributed by atoms with Crippen LogP contribution in [0, 0.1) is 23.7 Å². The zero-order valence-electron chi connectivity index (χ0n) is 15.1. The minimum Gasteiger partial charge on any atom is -0.481 e. The van der Waals surface area contributed by atoms with Gasteiger partial charge in [-0.2, -0.15) is 0 Å². The Kier molecular flexibility index (Phi) is 5.04. The van der Waals surface area contributed by atoms with Crippen molar-refractivity contribution in [1.82, 2.24) is 4.90 Å². The second kappa shape index (κ2) is 7.46. The van der Waals surface area contributed by atoms with Crippen LogP contribution in [0.15, 0.2) is 23.6 Å². The van der Waals surface area contributed by atoms with Gasteiger partial charge in [0.05, 0.1) is 17.4 Å². The van der Waals surface area contributed by atoms with Gasteiger partial charge in [-0.25, -0.2) is 0 Å². The summed E-state index contributed by atoms with van der Waals surface area (Å²) >= 11 is 1.32. The van der Waals surface area contributed by atoms with Gasteiger partial charge in [0.15, 0.2) is 0 Å². The Hall–Kier alpha value is -2.15. The van der Waals surface area contributed by atoms with E-state index < -0.39 is 17.8 Å². The Morgan fingerprint density at radius 1 is 1.04 bits per heavy atom. The average molecular weight is 388 g/mol. The number of carboxylic acids is 1. The maximum atomic E-state index is 13.0. The van der Waals surface area contributed by atoms with Gasteiger partial charge < -0.3 is 15.3 Å². The molecule has 2 fully saturated rings. The number of fused-ring (bicyclic) bond motifs is 2. The first kappa shape index (κ1) is 18.2. The molecule has 7 heteroatoms. The molecule has 3 aliphatic carbocycles. The van der Waals surface area contributed by atoms with E-state index in [1.807, 2.05) is 17.1 Å². The lowest BCUT2D eigenvalue weighted by Gasteiger charge is -2.41. The summed E-state index contributed by atoms with van der Waals surface area (Å²) in [6.07, 6.45) is 8.77. The molecule has 4 atom stereocenters. The highest BCUT2D eigenvalue weighted by Gasteiger charge is 2.48. The summed E-state index contributed by atoms with van der Waals surface area (Å²) in [5.41, 5.74) is 0.513. The molecule has 1 aliphatic heterocycles. The van der Waals surface area contributed by atoms with E-state index in [2.05, 4.69) is 5.32 Å². The third kappa shape index (κ3) is 3.40. The van der Waals surface area contributed by atoms with Crippen LogP contribution >= 0.6 is 11.3 Å². The van der Waals surface area contributed by atoms with E-state index in [9.17, 15) is 19.5 Å². The molecule has 2 bridgehead atoms. The van der Waals surface area contributed by atoms with Crippen molar-refractivity contribution in [2.24, 2.45) is 23.7 Å². The summed E-state index contributed by atoms with van der Waals surface area (Å²) in [5, 5.41) is 14.9. The van der Waals surface area contributed by atoms with E-state index in [0.29, 0.717) is 10.6 Å². The summed E-state index contributed by atoms with van der Waals surface area (Å²) in [6.45, 7) is 1.50. The number of allylic oxidation sites excluding steroid dienone is 2. The SMILES string of the molecule is O=C(O)[C@@H]1[C@H](C(=O)Nc2sccc2C(=O)N2CCCCC2)[C@H]2C=C[C@H]1CC2. The molecule has 0 aromatic carbocycles. The van der Waals surface area contributed by atoms with Crippen LogP contribution in [0.2, 0.25) is 0 Å². The number of piperidine rings is 1. The summed E-state index contributed by atoms with van der Waals surface area (Å²) in [6, 6.07) is 1.75. The molecule has 1 saturated carbocycles. The summed E-state index contributed by atoms with van der Waals surface area (Å²) in [7, 11) is 0. The van der Waals surface area contributed by atoms with Crippen molar-refractivity contribution in [3.05, 3.63) is 29.2 Å². The number of carbonyl (C=O) groups is 3. The average Bonchev–Trinajstić information content (AvgIpc) is 3.16. The fourth-order valence-corrected chi connectivity index (χ4v) is 5.51. The van der Waals surface area contributed by atoms with Crippen LogP contribution in [0.1, 0.15) is 42.5 Å². The highest BCUT2D eigenvalue weighted by Crippen LogP contribution is 2.45. The molecule has 1 saturated heterocycles. The molecule has 0 unspecified atom stereocenters. The lowest BCUT2D eigenvalue weighted by molar-refractivity contribution is -0.151. The molecule has 27 heavy (non-hydrogen) atoms. The largest absolute Gasteiger partial charge is 0.481 e. The Morgan fingerprint density at radius 2 is 1.70 bits per heavy atom. The van der Waals surface area contributed by atoms with E-state index in [0.717, 1.165) is 45.2 Å². The van der Waals surface area contributed by atoms with Crippen molar-refractivity contribution in [2.75, 3.05) is 18.4 Å². The van der Waals surface area contributed by atoms with Gasteiger partial charge in [-0.15, -0.1) is 11.3 Å². The van der Waals surface area contributed by atoms with Crippen molar-refractivity contribution < 1.29 is 19.5 Å². The summed E-state index contributed by atoms with van der Waals surface area (Å²) in [5.74, 6) is -2.63. The van der Waals surface area contributed by atoms with Crippen molar-refractivity contribution in [3.63, 3.8) is 0 Å². The molecule has 5 rings (SSSR count). The van der Waals surface area contributed by atoms with Gasteiger partial charge in [-0.3, -0.25) is 14.4 Å². The third-order valence-corrected chi connectivity index (χ3v) is 6.94. The number of amides is 2. The third-order valence-electron chi connectivity index (χ3n) is 6.11. The lowest BCUT2D eigenvalue weighted by Crippen LogP contribution is -2.47. The topological polar surface area (TPSA) is 86.7 Å². The molecule has 144 valence electrons. The highest BCUT2D eigenvalue weighted by molar-refractivity contribution is 7.14. The van der Waals surface area contributed by atoms with Crippen LogP contribution in [0.5, 0.6) is 0 Å². The van der Waals surface area contributed by atoms with Crippen molar-refractivity contribution in [2.45, 2.75) is 32.1 Å². The Morgan fingerprint density at radius 3 is 2.33 bits per heavy atom. The molecule has 2 amide bonds. The zero-order chi connectivity index (χ0) is 19.0. The lowest BCUT2D eigenvalue weighted by atomic mass is 9.62. The monoisotopic (exact) mass is 388 g/mol. The molecule has 1 aromatic rings. The quantitative estimate of drug-likeness (QED) is 0.776. The first-order valence-electron chi connectivity index (χ1n) is 9.65. The normalized spacial score (nSPS) is 29.6. The number of likely N-dealkylation sites (tertiary alicyclic amines) is 1. The molecular formula is C20H24N2O4S. The molecular weight excluding hydrogens is 364 g/mol. The number of anilines is 1. The van der Waals surface area contributed by atoms with Crippen molar-refractivity contribution in [1.29, 1.82) is 0 Å². The predicted molar refractivity (Wildman–Crippen MR) is 103 cm³/mol. The van der Waals surface area contributed by atoms with E-state index >= 15 is 0 Å². The van der Waals surface area contributed by atoms with Gasteiger partial charge in [0.25, 0.3) is 5.91 Å². The molecule has 2 heterocycles. The van der Waals surface area contributed by atoms with Crippen molar-refractivity contribution in [3.8, 4) is 0 Å². The molecule has 4 aliphatic rings. The van der Waals surface area contributed by atoms with Gasteiger partial charge in [0.2, 0.25) is 5.91 Å². The maximum absolute atomic E-state index is 13.0. The van der Waals surface area contributed by atoms with Gasteiger partial charge in [0, 0.05) is 13.1 Å². The number of rotatable bonds is 4. The number of hydrogen-bond donors (Lipinski definition) is 2. The minimum atomic E-state index is -0.912. The van der Waals surface area contributed by atoms with Crippen LogP contribution in [0.25, 0.3) is 0 Å². The minimum absolute atomic E-state index is 0.0442. The van der Waals surface area contributed by atoms with Gasteiger partial charge >= 0.3 is 5.97 Å². The standard InChI is InChI=1S/C20H24N2O4S/c23-17(15-12-4-6-13(7-5-12)16(15)20(25)26)21-18-14(8-11-27-18)19(24)22-9-2-1-3-10-22/h4,6,8,11-13,15-16H,1-3,5,7,9-10H2,(H,21,23)(H,25,26)/t12-,13-,15+,16-/m0/s1. The second-order valence-corrected chi connectivity index (χ2v) is 8.60. The summed E-state index contributed by atoms with van der Waals surface area (Å²) in [4.78, 5) is 39.4. The first-order chi connectivity index (χ1) is 13.1. The van der Waals surface area contributed by atoms with E-state index in [4.69, 9.17) is 0 Å². The van der Waals surface area contributed by atoms with Crippen LogP contribution in [-0.2, 0) is 9.59 Å². The fraction of sp³-hybridized carbons (Fsp3) is 0.550. The molecule has 1 aromatic heterocycles. The maximum Gasteiger partial charge on any atom is 0.307 e. The number of aliphatic carboxylic acids is 1. The zero-order valence-corrected chi connectivity index (χ0v) is 15.9. The molecule has 2 N–H and O–H groups in total. The number of carboxylic acid groups (broad SMARTS) is 1. The van der Waals surface area contributed by atoms with Crippen molar-refractivity contribution >= 4 is 34.1 Å². The van der Waals surface area contributed by atoms with Gasteiger partial charge in [-0.1, -0.05) is 12.2 Å². The van der Waals surface area contributed by atoms with Crippen LogP contribution in [0.3, 0.4) is 0 Å². The number of carbonyl (C=O) groups excluding carboxylic acids is 2. The van der Waals surface area contributed by atoms with Gasteiger partial charge in [-0.05, 0) is 55.4 Å². The smallest absolute Gasteiger partial charge is 0.307 e. The Balaban J connectivity index is 1.52. The van der Waals surface area contributed by atoms with E-state index in [-0.39, 0.29) is 23.7 Å². The van der Waals surface area contributed by atoms with Crippen LogP contribution in [-0.4, -0.2) is 40.9 Å². The second-order valence-electron chi connectivity index (χ2n) is 7.69. The van der Waals surface area contributed by atoms with E-state index in [1.54, 1.807) is 11.4 Å². The van der Waals surface area contributed by atoms with Crippen LogP contribution in [0.4, 0.5) is 5.00 Å². The summed E-state index contributed by atoms with van der Waals surface area (Å²) < 4.78 is 0. The van der Waals surface area contributed by atoms with E-state index in [1.165, 1.54) is 11.3 Å². The predicted octanol–water partition coefficient (Wildman–Crippen LogP) is 3.23. The van der Waals surface area contributed by atoms with Gasteiger partial charge in [0.1, 0.15) is 5.00 Å². The number of hydrogen-bond acceptors (Lipinski definition) is 4.